The number of carbonyl (C=O) groups is 2. The first-order chi connectivity index (χ1) is 15.5. The molecule has 0 heterocycles. The van der Waals surface area contributed by atoms with E-state index in [1.807, 2.05) is 0 Å². The smallest absolute Gasteiger partial charge is 0.333 e. The van der Waals surface area contributed by atoms with E-state index in [-0.39, 0.29) is 17.5 Å². The van der Waals surface area contributed by atoms with E-state index in [4.69, 9.17) is 9.47 Å². The predicted octanol–water partition coefficient (Wildman–Crippen LogP) is 5.26. The minimum atomic E-state index is -0.570. The molecule has 0 radical (unpaired) electrons. The van der Waals surface area contributed by atoms with Crippen molar-refractivity contribution in [3.8, 4) is 0 Å². The van der Waals surface area contributed by atoms with Gasteiger partial charge in [0.1, 0.15) is 11.2 Å². The second-order valence-electron chi connectivity index (χ2n) is 12.8. The predicted molar refractivity (Wildman–Crippen MR) is 125 cm³/mol. The highest BCUT2D eigenvalue weighted by molar-refractivity contribution is 5.87. The molecule has 182 valence electrons. The topological polar surface area (TPSA) is 72.8 Å². The van der Waals surface area contributed by atoms with Crippen LogP contribution >= 0.6 is 0 Å². The number of esters is 2. The lowest BCUT2D eigenvalue weighted by Gasteiger charge is -2.59. The number of hydrogen-bond acceptors (Lipinski definition) is 5. The van der Waals surface area contributed by atoms with Crippen LogP contribution in [0.5, 0.6) is 0 Å². The highest BCUT2D eigenvalue weighted by Gasteiger charge is 2.59. The Morgan fingerprint density at radius 2 is 1.03 bits per heavy atom. The van der Waals surface area contributed by atoms with Crippen LogP contribution in [-0.2, 0) is 19.1 Å². The molecule has 8 aliphatic rings. The Labute approximate surface area is 198 Å². The fourth-order valence-corrected chi connectivity index (χ4v) is 8.97. The summed E-state index contributed by atoms with van der Waals surface area (Å²) in [6.45, 7) is 10.7. The van der Waals surface area contributed by atoms with E-state index >= 15 is 0 Å². The number of ether oxygens (including phenoxy) is 2. The van der Waals surface area contributed by atoms with Crippen molar-refractivity contribution in [3.63, 3.8) is 0 Å². The van der Waals surface area contributed by atoms with Crippen molar-refractivity contribution in [2.45, 2.75) is 108 Å². The average molecular weight is 457 g/mol. The van der Waals surface area contributed by atoms with E-state index in [9.17, 15) is 14.7 Å². The maximum atomic E-state index is 11.7. The van der Waals surface area contributed by atoms with Gasteiger partial charge in [-0.3, -0.25) is 0 Å². The molecule has 2 atom stereocenters. The lowest BCUT2D eigenvalue weighted by Crippen LogP contribution is -2.60. The summed E-state index contributed by atoms with van der Waals surface area (Å²) in [5.74, 6) is 3.08. The van der Waals surface area contributed by atoms with Gasteiger partial charge in [0.05, 0.1) is 5.60 Å². The molecule has 0 amide bonds. The number of aliphatic hydroxyl groups is 1. The van der Waals surface area contributed by atoms with Gasteiger partial charge in [-0.25, -0.2) is 9.59 Å². The molecular weight excluding hydrogens is 416 g/mol. The summed E-state index contributed by atoms with van der Waals surface area (Å²) in [6, 6.07) is 0. The van der Waals surface area contributed by atoms with E-state index in [1.165, 1.54) is 25.7 Å². The van der Waals surface area contributed by atoms with Crippen LogP contribution in [0.25, 0.3) is 0 Å². The lowest BCUT2D eigenvalue weighted by molar-refractivity contribution is -0.217. The Morgan fingerprint density at radius 3 is 1.42 bits per heavy atom. The Balaban J connectivity index is 0.000000139. The van der Waals surface area contributed by atoms with Gasteiger partial charge in [0.15, 0.2) is 0 Å². The van der Waals surface area contributed by atoms with Crippen molar-refractivity contribution >= 4 is 11.9 Å². The third kappa shape index (κ3) is 4.54. The van der Waals surface area contributed by atoms with Crippen LogP contribution in [-0.4, -0.2) is 33.8 Å². The SMILES string of the molecule is C=C(C)C(=O)OC12CC3CC(CC(C3)C1)C2.C=C(C)C(=O)OC12CC3CC(CC(O)(C3)C1)C2. The number of carbonyl (C=O) groups excluding carboxylic acids is 2. The van der Waals surface area contributed by atoms with Gasteiger partial charge < -0.3 is 14.6 Å². The molecule has 2 unspecified atom stereocenters. The van der Waals surface area contributed by atoms with Crippen LogP contribution in [0, 0.1) is 29.6 Å². The normalized spacial score (nSPS) is 45.7. The monoisotopic (exact) mass is 456 g/mol. The van der Waals surface area contributed by atoms with Gasteiger partial charge in [0, 0.05) is 17.6 Å². The molecule has 8 aliphatic carbocycles. The molecule has 8 saturated carbocycles. The maximum Gasteiger partial charge on any atom is 0.333 e. The zero-order valence-electron chi connectivity index (χ0n) is 20.4. The van der Waals surface area contributed by atoms with Crippen molar-refractivity contribution in [2.75, 3.05) is 0 Å². The average Bonchev–Trinajstić information content (AvgIpc) is 2.64. The Bertz CT molecular complexity index is 820. The Hall–Kier alpha value is -1.62. The van der Waals surface area contributed by atoms with Crippen LogP contribution in [0.15, 0.2) is 24.3 Å². The summed E-state index contributed by atoms with van der Waals surface area (Å²) >= 11 is 0. The van der Waals surface area contributed by atoms with Gasteiger partial charge in [-0.1, -0.05) is 13.2 Å². The third-order valence-corrected chi connectivity index (χ3v) is 9.27. The van der Waals surface area contributed by atoms with Gasteiger partial charge in [-0.05, 0) is 114 Å². The van der Waals surface area contributed by atoms with Crippen molar-refractivity contribution in [1.29, 1.82) is 0 Å². The summed E-state index contributed by atoms with van der Waals surface area (Å²) in [6.07, 6.45) is 13.0. The molecule has 1 N–H and O–H groups in total. The van der Waals surface area contributed by atoms with Gasteiger partial charge >= 0.3 is 11.9 Å². The summed E-state index contributed by atoms with van der Waals surface area (Å²) in [5.41, 5.74) is -0.0810. The second-order valence-corrected chi connectivity index (χ2v) is 12.8. The summed E-state index contributed by atoms with van der Waals surface area (Å²) in [5, 5.41) is 10.5. The molecule has 33 heavy (non-hydrogen) atoms. The molecule has 8 fully saturated rings. The van der Waals surface area contributed by atoms with Crippen LogP contribution < -0.4 is 0 Å². The first kappa shape index (κ1) is 23.1. The molecule has 0 aromatic carbocycles. The van der Waals surface area contributed by atoms with Crippen LogP contribution in [0.3, 0.4) is 0 Å². The van der Waals surface area contributed by atoms with Gasteiger partial charge in [-0.15, -0.1) is 0 Å². The highest BCUT2D eigenvalue weighted by atomic mass is 16.6. The van der Waals surface area contributed by atoms with Crippen molar-refractivity contribution < 1.29 is 24.2 Å². The fraction of sp³-hybridized carbons (Fsp3) is 0.786. The van der Waals surface area contributed by atoms with Gasteiger partial charge in [0.2, 0.25) is 0 Å². The van der Waals surface area contributed by atoms with Crippen LogP contribution in [0.4, 0.5) is 0 Å². The summed E-state index contributed by atoms with van der Waals surface area (Å²) < 4.78 is 11.5. The molecule has 0 aliphatic heterocycles. The van der Waals surface area contributed by atoms with E-state index in [2.05, 4.69) is 13.2 Å². The first-order valence-electron chi connectivity index (χ1n) is 13.0. The first-order valence-corrected chi connectivity index (χ1v) is 13.0. The Kier molecular flexibility index (Phi) is 5.58. The standard InChI is InChI=1S/C14H20O3.C14H20O2/c1-9(2)12(15)17-14-6-10-3-11(7-14)5-13(16,4-10)8-14;1-9(2)13(15)16-14-6-10-3-11(7-14)5-12(4-10)8-14/h10-11,16H,1,3-8H2,2H3;10-12H,1,3-8H2,2H3. The maximum absolute atomic E-state index is 11.7. The molecule has 0 aromatic heterocycles. The molecular formula is C28H40O5. The minimum absolute atomic E-state index is 0.106. The highest BCUT2D eigenvalue weighted by Crippen LogP contribution is 2.59. The lowest BCUT2D eigenvalue weighted by atomic mass is 9.52. The molecule has 5 nitrogen and oxygen atoms in total. The fourth-order valence-electron chi connectivity index (χ4n) is 8.97. The van der Waals surface area contributed by atoms with Crippen molar-refractivity contribution in [3.05, 3.63) is 24.3 Å². The zero-order valence-corrected chi connectivity index (χ0v) is 20.4. The van der Waals surface area contributed by atoms with E-state index in [0.717, 1.165) is 62.7 Å². The molecule has 0 saturated heterocycles. The van der Waals surface area contributed by atoms with Crippen LogP contribution in [0.1, 0.15) is 90.9 Å². The van der Waals surface area contributed by atoms with Crippen molar-refractivity contribution in [2.24, 2.45) is 29.6 Å². The van der Waals surface area contributed by atoms with Crippen molar-refractivity contribution in [1.82, 2.24) is 0 Å². The molecule has 0 spiro atoms. The molecule has 0 aromatic rings. The summed E-state index contributed by atoms with van der Waals surface area (Å²) in [4.78, 5) is 23.4. The van der Waals surface area contributed by atoms with E-state index in [0.29, 0.717) is 29.4 Å². The van der Waals surface area contributed by atoms with Gasteiger partial charge in [0.25, 0.3) is 0 Å². The minimum Gasteiger partial charge on any atom is -0.456 e. The molecule has 8 rings (SSSR count). The van der Waals surface area contributed by atoms with E-state index in [1.54, 1.807) is 13.8 Å². The second kappa shape index (κ2) is 7.96. The van der Waals surface area contributed by atoms with E-state index < -0.39 is 11.2 Å². The molecule has 5 heteroatoms. The van der Waals surface area contributed by atoms with Gasteiger partial charge in [-0.2, -0.15) is 0 Å². The third-order valence-electron chi connectivity index (χ3n) is 9.27. The Morgan fingerprint density at radius 1 is 0.667 bits per heavy atom. The van der Waals surface area contributed by atoms with Crippen LogP contribution in [0.2, 0.25) is 0 Å². The summed E-state index contributed by atoms with van der Waals surface area (Å²) in [7, 11) is 0. The number of rotatable bonds is 4. The number of hydrogen-bond donors (Lipinski definition) is 1. The zero-order chi connectivity index (χ0) is 23.6. The quantitative estimate of drug-likeness (QED) is 0.461. The molecule has 8 bridgehead atoms. The largest absolute Gasteiger partial charge is 0.456 e.